The monoisotopic (exact) mass is 447 g/mol. The third-order valence-corrected chi connectivity index (χ3v) is 5.54. The van der Waals surface area contributed by atoms with E-state index in [0.717, 1.165) is 16.7 Å². The predicted octanol–water partition coefficient (Wildman–Crippen LogP) is 3.83. The maximum Gasteiger partial charge on any atom is 0.280 e. The van der Waals surface area contributed by atoms with E-state index in [4.69, 9.17) is 21.1 Å². The van der Waals surface area contributed by atoms with Crippen LogP contribution in [0.3, 0.4) is 0 Å². The SMILES string of the molecule is COc1ccc(Cn2ccc3c(nnc4c(-c5ccc(Cl)cc5)cnn43)c2=O)cc1OC. The number of benzene rings is 2. The number of hydrogen-bond acceptors (Lipinski definition) is 6. The van der Waals surface area contributed by atoms with Crippen molar-refractivity contribution in [1.82, 2.24) is 24.4 Å². The van der Waals surface area contributed by atoms with Gasteiger partial charge in [-0.1, -0.05) is 29.8 Å². The number of nitrogens with zero attached hydrogens (tertiary/aromatic N) is 5. The van der Waals surface area contributed by atoms with Gasteiger partial charge in [0.05, 0.1) is 27.0 Å². The number of hydrogen-bond donors (Lipinski definition) is 0. The van der Waals surface area contributed by atoms with E-state index in [2.05, 4.69) is 15.3 Å². The van der Waals surface area contributed by atoms with E-state index in [1.165, 1.54) is 0 Å². The summed E-state index contributed by atoms with van der Waals surface area (Å²) in [4.78, 5) is 13.1. The third kappa shape index (κ3) is 3.34. The van der Waals surface area contributed by atoms with Gasteiger partial charge in [0.25, 0.3) is 5.56 Å². The molecule has 0 saturated carbocycles. The van der Waals surface area contributed by atoms with Gasteiger partial charge in [-0.25, -0.2) is 4.52 Å². The number of halogens is 1. The average Bonchev–Trinajstić information content (AvgIpc) is 3.25. The average molecular weight is 448 g/mol. The lowest BCUT2D eigenvalue weighted by molar-refractivity contribution is 0.354. The van der Waals surface area contributed by atoms with Crippen LogP contribution in [-0.4, -0.2) is 38.6 Å². The summed E-state index contributed by atoms with van der Waals surface area (Å²) in [5.74, 6) is 1.23. The molecule has 0 unspecified atom stereocenters. The fraction of sp³-hybridized carbons (Fsp3) is 0.130. The van der Waals surface area contributed by atoms with E-state index >= 15 is 0 Å². The summed E-state index contributed by atoms with van der Waals surface area (Å²) in [5, 5.41) is 13.6. The first-order valence-corrected chi connectivity index (χ1v) is 10.2. The summed E-state index contributed by atoms with van der Waals surface area (Å²) in [7, 11) is 3.16. The summed E-state index contributed by atoms with van der Waals surface area (Å²) in [6, 6.07) is 14.8. The highest BCUT2D eigenvalue weighted by molar-refractivity contribution is 6.30. The first-order valence-electron chi connectivity index (χ1n) is 9.79. The highest BCUT2D eigenvalue weighted by Gasteiger charge is 2.15. The number of fused-ring (bicyclic) bond motifs is 3. The first-order chi connectivity index (χ1) is 15.6. The van der Waals surface area contributed by atoms with E-state index < -0.39 is 0 Å². The molecule has 3 heterocycles. The third-order valence-electron chi connectivity index (χ3n) is 5.29. The van der Waals surface area contributed by atoms with E-state index in [-0.39, 0.29) is 11.1 Å². The molecule has 0 N–H and O–H groups in total. The zero-order valence-electron chi connectivity index (χ0n) is 17.3. The van der Waals surface area contributed by atoms with Crippen LogP contribution in [0.5, 0.6) is 11.5 Å². The zero-order chi connectivity index (χ0) is 22.2. The smallest absolute Gasteiger partial charge is 0.280 e. The van der Waals surface area contributed by atoms with Gasteiger partial charge in [-0.15, -0.1) is 10.2 Å². The maximum atomic E-state index is 13.1. The molecule has 0 atom stereocenters. The molecule has 0 spiro atoms. The number of aromatic nitrogens is 5. The topological polar surface area (TPSA) is 83.5 Å². The molecule has 9 heteroatoms. The minimum atomic E-state index is -0.254. The molecule has 0 saturated heterocycles. The van der Waals surface area contributed by atoms with Crippen LogP contribution < -0.4 is 15.0 Å². The molecule has 0 amide bonds. The van der Waals surface area contributed by atoms with Crippen molar-refractivity contribution < 1.29 is 9.47 Å². The van der Waals surface area contributed by atoms with Crippen molar-refractivity contribution in [1.29, 1.82) is 0 Å². The molecule has 0 radical (unpaired) electrons. The van der Waals surface area contributed by atoms with Crippen molar-refractivity contribution in [2.24, 2.45) is 0 Å². The summed E-state index contributed by atoms with van der Waals surface area (Å²) < 4.78 is 13.8. The summed E-state index contributed by atoms with van der Waals surface area (Å²) >= 11 is 5.99. The van der Waals surface area contributed by atoms with Crippen molar-refractivity contribution in [3.63, 3.8) is 0 Å². The molecule has 32 heavy (non-hydrogen) atoms. The van der Waals surface area contributed by atoms with E-state index in [1.54, 1.807) is 35.7 Å². The Labute approximate surface area is 187 Å². The van der Waals surface area contributed by atoms with Crippen LogP contribution in [-0.2, 0) is 6.54 Å². The number of rotatable bonds is 5. The highest BCUT2D eigenvalue weighted by atomic mass is 35.5. The van der Waals surface area contributed by atoms with Gasteiger partial charge in [0.1, 0.15) is 5.52 Å². The van der Waals surface area contributed by atoms with Crippen LogP contribution in [0.2, 0.25) is 5.02 Å². The van der Waals surface area contributed by atoms with Gasteiger partial charge in [0.15, 0.2) is 22.7 Å². The molecule has 5 aromatic rings. The Morgan fingerprint density at radius 1 is 0.969 bits per heavy atom. The minimum Gasteiger partial charge on any atom is -0.493 e. The van der Waals surface area contributed by atoms with Crippen LogP contribution in [0.25, 0.3) is 27.8 Å². The maximum absolute atomic E-state index is 13.1. The van der Waals surface area contributed by atoms with E-state index in [0.29, 0.717) is 34.2 Å². The van der Waals surface area contributed by atoms with Crippen LogP contribution >= 0.6 is 11.6 Å². The Kier molecular flexibility index (Phi) is 4.99. The molecule has 8 nitrogen and oxygen atoms in total. The Morgan fingerprint density at radius 2 is 1.75 bits per heavy atom. The van der Waals surface area contributed by atoms with E-state index in [9.17, 15) is 4.79 Å². The molecule has 2 aromatic carbocycles. The lowest BCUT2D eigenvalue weighted by Gasteiger charge is -2.11. The fourth-order valence-electron chi connectivity index (χ4n) is 3.66. The normalized spacial score (nSPS) is 11.2. The van der Waals surface area contributed by atoms with Gasteiger partial charge in [-0.05, 0) is 41.5 Å². The summed E-state index contributed by atoms with van der Waals surface area (Å²) in [5.41, 5.74) is 3.76. The lowest BCUT2D eigenvalue weighted by atomic mass is 10.1. The largest absolute Gasteiger partial charge is 0.493 e. The van der Waals surface area contributed by atoms with Crippen molar-refractivity contribution in [3.05, 3.63) is 81.9 Å². The molecular formula is C23H18ClN5O3. The number of pyridine rings is 1. The van der Waals surface area contributed by atoms with Gasteiger partial charge < -0.3 is 14.0 Å². The Balaban J connectivity index is 1.56. The zero-order valence-corrected chi connectivity index (χ0v) is 18.1. The Hall–Kier alpha value is -3.91. The van der Waals surface area contributed by atoms with Crippen molar-refractivity contribution >= 4 is 28.3 Å². The van der Waals surface area contributed by atoms with Gasteiger partial charge in [-0.2, -0.15) is 5.10 Å². The number of ether oxygens (including phenoxy) is 2. The standard InChI is InChI=1S/C23H18ClN5O3/c1-31-19-8-3-14(11-20(19)32-2)13-28-10-9-18-21(23(28)30)26-27-22-17(12-25-29(18)22)15-4-6-16(24)7-5-15/h3-12H,13H2,1-2H3. The molecule has 160 valence electrons. The van der Waals surface area contributed by atoms with Gasteiger partial charge in [-0.3, -0.25) is 4.79 Å². The second kappa shape index (κ2) is 7.97. The first kappa shape index (κ1) is 20.0. The van der Waals surface area contributed by atoms with Crippen LogP contribution in [0.1, 0.15) is 5.56 Å². The summed E-state index contributed by atoms with van der Waals surface area (Å²) in [6.07, 6.45) is 3.44. The van der Waals surface area contributed by atoms with Gasteiger partial charge in [0, 0.05) is 16.8 Å². The molecule has 0 fully saturated rings. The second-order valence-corrected chi connectivity index (χ2v) is 7.61. The predicted molar refractivity (Wildman–Crippen MR) is 122 cm³/mol. The van der Waals surface area contributed by atoms with Gasteiger partial charge in [0.2, 0.25) is 0 Å². The van der Waals surface area contributed by atoms with Crippen molar-refractivity contribution in [2.75, 3.05) is 14.2 Å². The Bertz CT molecular complexity index is 1510. The van der Waals surface area contributed by atoms with Crippen LogP contribution in [0.4, 0.5) is 0 Å². The second-order valence-electron chi connectivity index (χ2n) is 7.17. The molecule has 0 aliphatic heterocycles. The summed E-state index contributed by atoms with van der Waals surface area (Å²) in [6.45, 7) is 0.351. The number of methoxy groups -OCH3 is 2. The Morgan fingerprint density at radius 3 is 2.50 bits per heavy atom. The lowest BCUT2D eigenvalue weighted by Crippen LogP contribution is -2.22. The van der Waals surface area contributed by atoms with Crippen molar-refractivity contribution in [2.45, 2.75) is 6.54 Å². The van der Waals surface area contributed by atoms with E-state index in [1.807, 2.05) is 48.5 Å². The molecule has 0 bridgehead atoms. The molecule has 0 aliphatic carbocycles. The van der Waals surface area contributed by atoms with Gasteiger partial charge >= 0.3 is 0 Å². The molecule has 3 aromatic heterocycles. The molecule has 5 rings (SSSR count). The molecular weight excluding hydrogens is 430 g/mol. The minimum absolute atomic E-state index is 0.242. The van der Waals surface area contributed by atoms with Crippen LogP contribution in [0.15, 0.2) is 65.7 Å². The molecule has 0 aliphatic rings. The van der Waals surface area contributed by atoms with Crippen molar-refractivity contribution in [3.8, 4) is 22.6 Å². The fourth-order valence-corrected chi connectivity index (χ4v) is 3.79. The van der Waals surface area contributed by atoms with Crippen LogP contribution in [0, 0.1) is 0 Å². The quantitative estimate of drug-likeness (QED) is 0.407. The highest BCUT2D eigenvalue weighted by Crippen LogP contribution is 2.28.